The van der Waals surface area contributed by atoms with Crippen LogP contribution < -0.4 is 22.3 Å². The first-order valence-corrected chi connectivity index (χ1v) is 5.03. The molecule has 1 aromatic carbocycles. The van der Waals surface area contributed by atoms with Gasteiger partial charge in [-0.2, -0.15) is 13.2 Å². The maximum atomic E-state index is 11.9. The number of halogens is 3. The van der Waals surface area contributed by atoms with E-state index in [4.69, 9.17) is 17.3 Å². The van der Waals surface area contributed by atoms with Crippen molar-refractivity contribution in [2.24, 2.45) is 5.84 Å². The Hall–Kier alpha value is -1.63. The Kier molecular flexibility index (Phi) is 4.06. The third-order valence-corrected chi connectivity index (χ3v) is 2.22. The van der Waals surface area contributed by atoms with E-state index in [0.717, 1.165) is 0 Å². The molecule has 0 aliphatic rings. The molecule has 4 nitrogen and oxygen atoms in total. The molecule has 0 saturated carbocycles. The quantitative estimate of drug-likeness (QED) is 0.431. The molecule has 0 heterocycles. The smallest absolute Gasteiger partial charge is 0.389 e. The van der Waals surface area contributed by atoms with Crippen molar-refractivity contribution < 1.29 is 13.2 Å². The number of benzene rings is 1. The topological polar surface area (TPSA) is 81.3 Å². The van der Waals surface area contributed by atoms with E-state index in [0.29, 0.717) is 17.1 Å². The second-order valence-electron chi connectivity index (χ2n) is 3.73. The zero-order valence-corrected chi connectivity index (χ0v) is 9.17. The fourth-order valence-corrected chi connectivity index (χ4v) is 1.40. The highest BCUT2D eigenvalue weighted by Crippen LogP contribution is 2.25. The van der Waals surface area contributed by atoms with Crippen LogP contribution in [0.1, 0.15) is 12.8 Å². The number of anilines is 3. The van der Waals surface area contributed by atoms with Gasteiger partial charge in [-0.3, -0.25) is 0 Å². The van der Waals surface area contributed by atoms with Crippen LogP contribution in [0.15, 0.2) is 18.2 Å². The van der Waals surface area contributed by atoms with Gasteiger partial charge in [0.05, 0.1) is 11.4 Å². The van der Waals surface area contributed by atoms with Crippen molar-refractivity contribution in [3.8, 4) is 0 Å². The Morgan fingerprint density at radius 1 is 1.18 bits per heavy atom. The van der Waals surface area contributed by atoms with Crippen LogP contribution in [0, 0.1) is 0 Å². The van der Waals surface area contributed by atoms with Gasteiger partial charge in [-0.05, 0) is 24.6 Å². The van der Waals surface area contributed by atoms with E-state index in [1.807, 2.05) is 0 Å². The highest BCUT2D eigenvalue weighted by molar-refractivity contribution is 5.71. The fraction of sp³-hybridized carbons (Fsp3) is 0.400. The van der Waals surface area contributed by atoms with Crippen molar-refractivity contribution in [3.05, 3.63) is 18.2 Å². The highest BCUT2D eigenvalue weighted by atomic mass is 19.4. The lowest BCUT2D eigenvalue weighted by Gasteiger charge is -2.20. The predicted octanol–water partition coefficient (Wildman–Crippen LogP) is 1.87. The van der Waals surface area contributed by atoms with E-state index < -0.39 is 12.6 Å². The van der Waals surface area contributed by atoms with Crippen LogP contribution in [0.5, 0.6) is 0 Å². The molecule has 7 heteroatoms. The summed E-state index contributed by atoms with van der Waals surface area (Å²) >= 11 is 0. The molecule has 1 rings (SSSR count). The summed E-state index contributed by atoms with van der Waals surface area (Å²) in [5.41, 5.74) is 12.5. The van der Waals surface area contributed by atoms with Crippen LogP contribution in [0.25, 0.3) is 0 Å². The van der Waals surface area contributed by atoms with Crippen LogP contribution in [0.3, 0.4) is 0 Å². The van der Waals surface area contributed by atoms with Crippen molar-refractivity contribution in [1.29, 1.82) is 0 Å². The van der Waals surface area contributed by atoms with Gasteiger partial charge in [0.25, 0.3) is 0 Å². The first-order chi connectivity index (χ1) is 7.79. The standard InChI is InChI=1S/C10H15F3N4/c11-10(12,13)4-1-5-17(16)9-3-2-7(14)6-8(9)15/h2-3,6H,1,4-5,14-16H2. The van der Waals surface area contributed by atoms with Crippen LogP contribution in [-0.4, -0.2) is 12.7 Å². The maximum Gasteiger partial charge on any atom is 0.389 e. The number of nitrogens with zero attached hydrogens (tertiary/aromatic N) is 1. The van der Waals surface area contributed by atoms with Crippen LogP contribution in [0.2, 0.25) is 0 Å². The summed E-state index contributed by atoms with van der Waals surface area (Å²) in [5.74, 6) is 5.62. The SMILES string of the molecule is Nc1ccc(N(N)CCCC(F)(F)F)c(N)c1. The summed E-state index contributed by atoms with van der Waals surface area (Å²) in [6.07, 6.45) is -5.10. The van der Waals surface area contributed by atoms with Crippen molar-refractivity contribution >= 4 is 17.1 Å². The summed E-state index contributed by atoms with van der Waals surface area (Å²) < 4.78 is 35.8. The molecule has 96 valence electrons. The molecular formula is C10H15F3N4. The molecule has 0 bridgehead atoms. The highest BCUT2D eigenvalue weighted by Gasteiger charge is 2.26. The molecule has 0 unspecified atom stereocenters. The number of hydrogen-bond donors (Lipinski definition) is 3. The number of alkyl halides is 3. The Labute approximate surface area is 97.1 Å². The molecule has 0 amide bonds. The lowest BCUT2D eigenvalue weighted by atomic mass is 10.2. The Bertz CT molecular complexity index is 378. The number of hydrogen-bond acceptors (Lipinski definition) is 4. The Balaban J connectivity index is 2.55. The van der Waals surface area contributed by atoms with E-state index in [2.05, 4.69) is 0 Å². The minimum absolute atomic E-state index is 0.0770. The molecule has 17 heavy (non-hydrogen) atoms. The van der Waals surface area contributed by atoms with Gasteiger partial charge in [-0.15, -0.1) is 0 Å². The summed E-state index contributed by atoms with van der Waals surface area (Å²) in [4.78, 5) is 0. The van der Waals surface area contributed by atoms with Crippen molar-refractivity contribution in [1.82, 2.24) is 0 Å². The Morgan fingerprint density at radius 2 is 1.82 bits per heavy atom. The number of rotatable bonds is 4. The number of nitrogen functional groups attached to an aromatic ring is 2. The minimum atomic E-state index is -4.16. The van der Waals surface area contributed by atoms with Gasteiger partial charge in [0.15, 0.2) is 0 Å². The van der Waals surface area contributed by atoms with Crippen LogP contribution >= 0.6 is 0 Å². The van der Waals surface area contributed by atoms with Gasteiger partial charge in [0.1, 0.15) is 0 Å². The van der Waals surface area contributed by atoms with Gasteiger partial charge in [0.2, 0.25) is 0 Å². The van der Waals surface area contributed by atoms with Crippen molar-refractivity contribution in [3.63, 3.8) is 0 Å². The van der Waals surface area contributed by atoms with E-state index in [9.17, 15) is 13.2 Å². The molecule has 0 saturated heterocycles. The molecule has 0 aliphatic heterocycles. The molecule has 1 aromatic rings. The number of nitrogens with two attached hydrogens (primary N) is 3. The predicted molar refractivity (Wildman–Crippen MR) is 62.1 cm³/mol. The van der Waals surface area contributed by atoms with Crippen LogP contribution in [0.4, 0.5) is 30.2 Å². The first-order valence-electron chi connectivity index (χ1n) is 5.03. The van der Waals surface area contributed by atoms with Gasteiger partial charge in [0, 0.05) is 18.7 Å². The third-order valence-electron chi connectivity index (χ3n) is 2.22. The fourth-order valence-electron chi connectivity index (χ4n) is 1.40. The normalized spacial score (nSPS) is 11.5. The molecule has 6 N–H and O–H groups in total. The lowest BCUT2D eigenvalue weighted by molar-refractivity contribution is -0.135. The molecule has 0 atom stereocenters. The zero-order valence-electron chi connectivity index (χ0n) is 9.17. The first kappa shape index (κ1) is 13.4. The monoisotopic (exact) mass is 248 g/mol. The van der Waals surface area contributed by atoms with E-state index >= 15 is 0 Å². The van der Waals surface area contributed by atoms with Crippen molar-refractivity contribution in [2.45, 2.75) is 19.0 Å². The summed E-state index contributed by atoms with van der Waals surface area (Å²) in [7, 11) is 0. The van der Waals surface area contributed by atoms with Crippen molar-refractivity contribution in [2.75, 3.05) is 23.0 Å². The second-order valence-corrected chi connectivity index (χ2v) is 3.73. The van der Waals surface area contributed by atoms with Crippen LogP contribution in [-0.2, 0) is 0 Å². The average molecular weight is 248 g/mol. The van der Waals surface area contributed by atoms with E-state index in [1.54, 1.807) is 12.1 Å². The maximum absolute atomic E-state index is 11.9. The second kappa shape index (κ2) is 5.13. The molecule has 0 spiro atoms. The summed E-state index contributed by atoms with van der Waals surface area (Å²) in [6, 6.07) is 4.69. The van der Waals surface area contributed by atoms with Gasteiger partial charge >= 0.3 is 6.18 Å². The molecule has 0 radical (unpaired) electrons. The lowest BCUT2D eigenvalue weighted by Crippen LogP contribution is -2.33. The zero-order chi connectivity index (χ0) is 13.1. The molecule has 0 aliphatic carbocycles. The van der Waals surface area contributed by atoms with Gasteiger partial charge in [-0.25, -0.2) is 5.84 Å². The van der Waals surface area contributed by atoms with E-state index in [1.165, 1.54) is 11.1 Å². The summed E-state index contributed by atoms with van der Waals surface area (Å²) in [6.45, 7) is 0.0770. The molecular weight excluding hydrogens is 233 g/mol. The summed E-state index contributed by atoms with van der Waals surface area (Å²) in [5, 5.41) is 1.19. The molecule has 0 fully saturated rings. The minimum Gasteiger partial charge on any atom is -0.399 e. The van der Waals surface area contributed by atoms with Gasteiger partial charge in [-0.1, -0.05) is 0 Å². The number of hydrazine groups is 1. The average Bonchev–Trinajstić information content (AvgIpc) is 2.15. The molecule has 0 aromatic heterocycles. The third kappa shape index (κ3) is 4.39. The largest absolute Gasteiger partial charge is 0.399 e. The Morgan fingerprint density at radius 3 is 2.35 bits per heavy atom. The van der Waals surface area contributed by atoms with E-state index in [-0.39, 0.29) is 13.0 Å². The van der Waals surface area contributed by atoms with Gasteiger partial charge < -0.3 is 16.5 Å².